The number of hydrogen-bond donors (Lipinski definition) is 1. The van der Waals surface area contributed by atoms with Crippen LogP contribution in [0.2, 0.25) is 0 Å². The van der Waals surface area contributed by atoms with Gasteiger partial charge in [-0.1, -0.05) is 0 Å². The van der Waals surface area contributed by atoms with E-state index in [1.807, 2.05) is 22.6 Å². The lowest BCUT2D eigenvalue weighted by Crippen LogP contribution is -1.96. The summed E-state index contributed by atoms with van der Waals surface area (Å²) in [7, 11) is 0. The summed E-state index contributed by atoms with van der Waals surface area (Å²) in [4.78, 5) is 11.9. The van der Waals surface area contributed by atoms with Crippen LogP contribution in [-0.2, 0) is 0 Å². The summed E-state index contributed by atoms with van der Waals surface area (Å²) in [6, 6.07) is 0. The zero-order valence-electron chi connectivity index (χ0n) is 5.81. The van der Waals surface area contributed by atoms with Crippen LogP contribution in [0.1, 0.15) is 0 Å². The second-order valence-electron chi connectivity index (χ2n) is 2.12. The van der Waals surface area contributed by atoms with Crippen molar-refractivity contribution < 1.29 is 10.1 Å². The zero-order valence-corrected chi connectivity index (χ0v) is 7.96. The third-order valence-corrected chi connectivity index (χ3v) is 1.92. The summed E-state index contributed by atoms with van der Waals surface area (Å²) in [5, 5.41) is 8.46. The van der Waals surface area contributed by atoms with Crippen molar-refractivity contribution in [3.8, 4) is 5.88 Å². The van der Waals surface area contributed by atoms with Gasteiger partial charge in [0.1, 0.15) is 3.70 Å². The van der Waals surface area contributed by atoms with Crippen LogP contribution in [0.3, 0.4) is 0 Å². The lowest BCUT2D eigenvalue weighted by molar-refractivity contribution is -0.140. The number of nitrogens with zero attached hydrogens (tertiary/aromatic N) is 3. The van der Waals surface area contributed by atoms with Crippen LogP contribution in [0.5, 0.6) is 5.88 Å². The number of imidazole rings is 1. The number of rotatable bonds is 1. The van der Waals surface area contributed by atoms with E-state index < -0.39 is 0 Å². The minimum atomic E-state index is 0.118. The average Bonchev–Trinajstić information content (AvgIpc) is 2.50. The van der Waals surface area contributed by atoms with Gasteiger partial charge in [0.25, 0.3) is 0 Å². The van der Waals surface area contributed by atoms with Gasteiger partial charge in [0, 0.05) is 18.6 Å². The highest BCUT2D eigenvalue weighted by Gasteiger charge is 2.06. The summed E-state index contributed by atoms with van der Waals surface area (Å²) in [6.07, 6.45) is 5.14. The van der Waals surface area contributed by atoms with Gasteiger partial charge in [-0.2, -0.15) is 4.98 Å². The van der Waals surface area contributed by atoms with E-state index >= 15 is 0 Å². The first kappa shape index (κ1) is 7.74. The third-order valence-electron chi connectivity index (χ3n) is 1.40. The molecule has 2 heterocycles. The molecule has 0 radical (unpaired) electrons. The minimum absolute atomic E-state index is 0.118. The Morgan fingerprint density at radius 2 is 2.42 bits per heavy atom. The second kappa shape index (κ2) is 2.87. The molecule has 0 atom stereocenters. The Kier molecular flexibility index (Phi) is 1.85. The van der Waals surface area contributed by atoms with E-state index in [0.29, 0.717) is 5.65 Å². The summed E-state index contributed by atoms with van der Waals surface area (Å²) in [6.45, 7) is 0. The zero-order chi connectivity index (χ0) is 8.55. The van der Waals surface area contributed by atoms with Gasteiger partial charge < -0.3 is 4.89 Å². The van der Waals surface area contributed by atoms with Gasteiger partial charge in [-0.25, -0.2) is 10.2 Å². The van der Waals surface area contributed by atoms with Crippen LogP contribution in [0.25, 0.3) is 5.65 Å². The summed E-state index contributed by atoms with van der Waals surface area (Å²) >= 11 is 2.02. The number of fused-ring (bicyclic) bond motifs is 1. The van der Waals surface area contributed by atoms with E-state index in [1.54, 1.807) is 23.0 Å². The third kappa shape index (κ3) is 1.12. The Morgan fingerprint density at radius 3 is 3.17 bits per heavy atom. The topological polar surface area (TPSA) is 59.7 Å². The summed E-state index contributed by atoms with van der Waals surface area (Å²) in [5.74, 6) is 0.118. The fourth-order valence-corrected chi connectivity index (χ4v) is 1.45. The van der Waals surface area contributed by atoms with Crippen molar-refractivity contribution in [1.29, 1.82) is 0 Å². The molecule has 0 aromatic carbocycles. The van der Waals surface area contributed by atoms with E-state index in [-0.39, 0.29) is 5.88 Å². The normalized spacial score (nSPS) is 10.5. The summed E-state index contributed by atoms with van der Waals surface area (Å²) < 4.78 is 2.45. The van der Waals surface area contributed by atoms with E-state index in [0.717, 1.165) is 3.70 Å². The molecule has 0 aliphatic heterocycles. The van der Waals surface area contributed by atoms with E-state index in [1.165, 1.54) is 0 Å². The SMILES string of the molecule is OOc1nc(I)cn2ccnc12. The van der Waals surface area contributed by atoms with Crippen molar-refractivity contribution in [3.05, 3.63) is 22.3 Å². The van der Waals surface area contributed by atoms with Gasteiger partial charge in [0.2, 0.25) is 5.65 Å². The van der Waals surface area contributed by atoms with Crippen molar-refractivity contribution in [2.75, 3.05) is 0 Å². The van der Waals surface area contributed by atoms with Crippen LogP contribution in [0.4, 0.5) is 0 Å². The van der Waals surface area contributed by atoms with Crippen molar-refractivity contribution in [1.82, 2.24) is 14.4 Å². The smallest absolute Gasteiger partial charge is 0.300 e. The van der Waals surface area contributed by atoms with Crippen LogP contribution < -0.4 is 4.89 Å². The predicted octanol–water partition coefficient (Wildman–Crippen LogP) is 1.19. The average molecular weight is 277 g/mol. The molecule has 62 valence electrons. The number of halogens is 1. The quantitative estimate of drug-likeness (QED) is 0.483. The standard InChI is InChI=1S/C6H4IN3O2/c7-4-3-10-2-1-8-5(10)6(9-4)12-11/h1-3,11H. The Labute approximate surface area is 81.1 Å². The number of aromatic nitrogens is 3. The van der Waals surface area contributed by atoms with E-state index in [9.17, 15) is 0 Å². The number of hydrogen-bond acceptors (Lipinski definition) is 4. The maximum Gasteiger partial charge on any atom is 0.300 e. The molecule has 5 nitrogen and oxygen atoms in total. The molecule has 0 unspecified atom stereocenters. The fraction of sp³-hybridized carbons (Fsp3) is 0. The van der Waals surface area contributed by atoms with Crippen molar-refractivity contribution >= 4 is 28.2 Å². The fourth-order valence-electron chi connectivity index (χ4n) is 0.935. The Hall–Kier alpha value is -0.890. The van der Waals surface area contributed by atoms with Crippen LogP contribution in [0, 0.1) is 3.70 Å². The van der Waals surface area contributed by atoms with E-state index in [2.05, 4.69) is 14.9 Å². The molecule has 12 heavy (non-hydrogen) atoms. The molecule has 6 heteroatoms. The Bertz CT molecular complexity index is 414. The predicted molar refractivity (Wildman–Crippen MR) is 49.0 cm³/mol. The molecule has 2 aromatic rings. The Morgan fingerprint density at radius 1 is 1.58 bits per heavy atom. The first-order valence-corrected chi connectivity index (χ1v) is 4.20. The van der Waals surface area contributed by atoms with Gasteiger partial charge in [0.15, 0.2) is 0 Å². The molecule has 1 N–H and O–H groups in total. The molecular weight excluding hydrogens is 273 g/mol. The first-order chi connectivity index (χ1) is 5.81. The molecule has 0 fully saturated rings. The van der Waals surface area contributed by atoms with Crippen LogP contribution in [0.15, 0.2) is 18.6 Å². The van der Waals surface area contributed by atoms with E-state index in [4.69, 9.17) is 5.26 Å². The molecule has 0 saturated carbocycles. The highest BCUT2D eigenvalue weighted by atomic mass is 127. The molecule has 2 aromatic heterocycles. The minimum Gasteiger partial charge on any atom is -0.315 e. The van der Waals surface area contributed by atoms with Gasteiger partial charge in [-0.3, -0.25) is 4.40 Å². The monoisotopic (exact) mass is 277 g/mol. The van der Waals surface area contributed by atoms with Crippen LogP contribution in [-0.4, -0.2) is 19.6 Å². The highest BCUT2D eigenvalue weighted by Crippen LogP contribution is 2.15. The lowest BCUT2D eigenvalue weighted by Gasteiger charge is -1.98. The molecule has 0 aliphatic rings. The maximum atomic E-state index is 8.46. The molecular formula is C6H4IN3O2. The Balaban J connectivity index is 2.80. The molecule has 0 amide bonds. The molecule has 0 aliphatic carbocycles. The molecule has 2 rings (SSSR count). The molecule has 0 spiro atoms. The summed E-state index contributed by atoms with van der Waals surface area (Å²) in [5.41, 5.74) is 0.498. The van der Waals surface area contributed by atoms with Gasteiger partial charge in [0.05, 0.1) is 0 Å². The molecule has 0 saturated heterocycles. The highest BCUT2D eigenvalue weighted by molar-refractivity contribution is 14.1. The van der Waals surface area contributed by atoms with Crippen molar-refractivity contribution in [3.63, 3.8) is 0 Å². The van der Waals surface area contributed by atoms with Crippen molar-refractivity contribution in [2.24, 2.45) is 0 Å². The second-order valence-corrected chi connectivity index (χ2v) is 3.22. The first-order valence-electron chi connectivity index (χ1n) is 3.12. The maximum absolute atomic E-state index is 8.46. The largest absolute Gasteiger partial charge is 0.315 e. The molecule has 0 bridgehead atoms. The van der Waals surface area contributed by atoms with Gasteiger partial charge in [-0.15, -0.1) is 0 Å². The van der Waals surface area contributed by atoms with Gasteiger partial charge >= 0.3 is 5.88 Å². The van der Waals surface area contributed by atoms with Crippen LogP contribution >= 0.6 is 22.6 Å². The lowest BCUT2D eigenvalue weighted by atomic mass is 10.6. The van der Waals surface area contributed by atoms with Crippen molar-refractivity contribution in [2.45, 2.75) is 0 Å². The van der Waals surface area contributed by atoms with Gasteiger partial charge in [-0.05, 0) is 22.6 Å².